The number of likely N-dealkylation sites (N-methyl/N-ethyl adjacent to an activating group) is 1. The molecule has 2 N–H and O–H groups in total. The van der Waals surface area contributed by atoms with E-state index >= 15 is 0 Å². The van der Waals surface area contributed by atoms with Gasteiger partial charge in [0.25, 0.3) is 16.0 Å². The maximum absolute atomic E-state index is 12.0. The summed E-state index contributed by atoms with van der Waals surface area (Å²) >= 11 is 1.32. The van der Waals surface area contributed by atoms with Crippen molar-refractivity contribution in [3.05, 3.63) is 30.0 Å². The quantitative estimate of drug-likeness (QED) is 0.807. The first-order chi connectivity index (χ1) is 9.74. The predicted molar refractivity (Wildman–Crippen MR) is 81.1 cm³/mol. The van der Waals surface area contributed by atoms with Gasteiger partial charge >= 0.3 is 0 Å². The molecule has 2 aromatic rings. The van der Waals surface area contributed by atoms with Crippen molar-refractivity contribution in [2.45, 2.75) is 0 Å². The van der Waals surface area contributed by atoms with Crippen LogP contribution in [0.3, 0.4) is 0 Å². The number of amides is 1. The van der Waals surface area contributed by atoms with E-state index in [1.54, 1.807) is 7.05 Å². The Morgan fingerprint density at radius 1 is 1.38 bits per heavy atom. The van der Waals surface area contributed by atoms with Crippen molar-refractivity contribution in [3.63, 3.8) is 0 Å². The van der Waals surface area contributed by atoms with Gasteiger partial charge < -0.3 is 10.0 Å². The zero-order valence-corrected chi connectivity index (χ0v) is 13.2. The third kappa shape index (κ3) is 5.76. The molecule has 0 aliphatic carbocycles. The van der Waals surface area contributed by atoms with Gasteiger partial charge in [0.1, 0.15) is 5.69 Å². The van der Waals surface area contributed by atoms with E-state index in [9.17, 15) is 13.2 Å². The molecule has 0 aliphatic heterocycles. The van der Waals surface area contributed by atoms with E-state index in [4.69, 9.17) is 9.66 Å². The van der Waals surface area contributed by atoms with Gasteiger partial charge in [0.2, 0.25) is 0 Å². The van der Waals surface area contributed by atoms with E-state index in [-0.39, 0.29) is 12.5 Å². The maximum atomic E-state index is 12.0. The zero-order valence-electron chi connectivity index (χ0n) is 11.6. The average Bonchev–Trinajstić information content (AvgIpc) is 2.80. The van der Waals surface area contributed by atoms with E-state index < -0.39 is 10.1 Å². The van der Waals surface area contributed by atoms with Crippen LogP contribution in [0.1, 0.15) is 10.5 Å². The van der Waals surface area contributed by atoms with Crippen LogP contribution in [0.5, 0.6) is 0 Å². The molecule has 0 saturated carbocycles. The molecule has 0 spiro atoms. The molecule has 1 aromatic carbocycles. The molecular weight excluding hydrogens is 316 g/mol. The monoisotopic (exact) mass is 332 g/mol. The zero-order chi connectivity index (χ0) is 16.0. The number of carbonyl (C=O) groups excluding carboxylic acids is 1. The number of carbonyl (C=O) groups is 1. The summed E-state index contributed by atoms with van der Waals surface area (Å²) in [6.45, 7) is 0.287. The topological polar surface area (TPSA) is 108 Å². The summed E-state index contributed by atoms with van der Waals surface area (Å²) in [6.07, 6.45) is 0.715. The summed E-state index contributed by atoms with van der Waals surface area (Å²) in [5, 5.41) is 9.66. The molecule has 0 radical (unpaired) electrons. The molecule has 0 atom stereocenters. The van der Waals surface area contributed by atoms with Crippen molar-refractivity contribution >= 4 is 37.6 Å². The Balaban J connectivity index is 0.000000383. The molecule has 116 valence electrons. The van der Waals surface area contributed by atoms with Crippen LogP contribution in [-0.2, 0) is 10.1 Å². The first-order valence-corrected chi connectivity index (χ1v) is 8.49. The van der Waals surface area contributed by atoms with Crippen LogP contribution in [-0.4, -0.2) is 59.7 Å². The Bertz CT molecular complexity index is 703. The minimum Gasteiger partial charge on any atom is -0.395 e. The van der Waals surface area contributed by atoms with Crippen LogP contribution in [0.2, 0.25) is 0 Å². The van der Waals surface area contributed by atoms with E-state index in [0.29, 0.717) is 18.5 Å². The Morgan fingerprint density at radius 3 is 2.52 bits per heavy atom. The Morgan fingerprint density at radius 2 is 1.95 bits per heavy atom. The Labute approximate surface area is 126 Å². The van der Waals surface area contributed by atoms with Gasteiger partial charge in [-0.05, 0) is 17.6 Å². The van der Waals surface area contributed by atoms with Gasteiger partial charge in [-0.3, -0.25) is 9.35 Å². The number of aromatic nitrogens is 1. The SMILES string of the molecule is CN(CCO)C(=O)c1nsc2ccccc12.CS(=O)(=O)O. The highest BCUT2D eigenvalue weighted by molar-refractivity contribution is 7.85. The first-order valence-electron chi connectivity index (χ1n) is 5.87. The van der Waals surface area contributed by atoms with Crippen LogP contribution in [0.25, 0.3) is 10.1 Å². The summed E-state index contributed by atoms with van der Waals surface area (Å²) < 4.78 is 31.0. The van der Waals surface area contributed by atoms with Gasteiger partial charge in [-0.15, -0.1) is 0 Å². The Kier molecular flexibility index (Phi) is 6.21. The standard InChI is InChI=1S/C11H12N2O2S.CH4O3S/c1-13(6-7-14)11(15)10-8-4-2-3-5-9(8)16-12-10;1-5(2,3)4/h2-5,14H,6-7H2,1H3;1H3,(H,2,3,4). The highest BCUT2D eigenvalue weighted by atomic mass is 32.2. The van der Waals surface area contributed by atoms with Crippen LogP contribution in [0.4, 0.5) is 0 Å². The van der Waals surface area contributed by atoms with E-state index in [2.05, 4.69) is 4.37 Å². The van der Waals surface area contributed by atoms with Crippen molar-refractivity contribution in [1.82, 2.24) is 9.27 Å². The molecule has 0 aliphatic rings. The van der Waals surface area contributed by atoms with Crippen molar-refractivity contribution in [3.8, 4) is 0 Å². The summed E-state index contributed by atoms with van der Waals surface area (Å²) in [7, 11) is -2.01. The fourth-order valence-corrected chi connectivity index (χ4v) is 2.24. The fraction of sp³-hybridized carbons (Fsp3) is 0.333. The van der Waals surface area contributed by atoms with E-state index in [1.165, 1.54) is 16.4 Å². The number of rotatable bonds is 3. The average molecular weight is 332 g/mol. The van der Waals surface area contributed by atoms with Gasteiger partial charge in [0.15, 0.2) is 0 Å². The van der Waals surface area contributed by atoms with Gasteiger partial charge in [-0.25, -0.2) is 0 Å². The van der Waals surface area contributed by atoms with Crippen molar-refractivity contribution in [2.24, 2.45) is 0 Å². The maximum Gasteiger partial charge on any atom is 0.274 e. The number of benzene rings is 1. The summed E-state index contributed by atoms with van der Waals surface area (Å²) in [5.41, 5.74) is 0.469. The molecule has 0 saturated heterocycles. The van der Waals surface area contributed by atoms with Gasteiger partial charge in [0.05, 0.1) is 17.6 Å². The summed E-state index contributed by atoms with van der Waals surface area (Å²) in [5.74, 6) is -0.147. The lowest BCUT2D eigenvalue weighted by atomic mass is 10.2. The highest BCUT2D eigenvalue weighted by Crippen LogP contribution is 2.22. The molecule has 9 heteroatoms. The predicted octanol–water partition coefficient (Wildman–Crippen LogP) is 0.865. The van der Waals surface area contributed by atoms with Crippen LogP contribution < -0.4 is 0 Å². The van der Waals surface area contributed by atoms with Crippen molar-refractivity contribution in [2.75, 3.05) is 26.5 Å². The molecule has 1 amide bonds. The molecule has 1 heterocycles. The molecule has 7 nitrogen and oxygen atoms in total. The fourth-order valence-electron chi connectivity index (χ4n) is 1.47. The molecular formula is C12H16N2O5S2. The van der Waals surface area contributed by atoms with Crippen LogP contribution in [0.15, 0.2) is 24.3 Å². The second kappa shape index (κ2) is 7.46. The number of aliphatic hydroxyl groups excluding tert-OH is 1. The second-order valence-electron chi connectivity index (χ2n) is 4.21. The number of hydrogen-bond acceptors (Lipinski definition) is 6. The normalized spacial score (nSPS) is 10.9. The lowest BCUT2D eigenvalue weighted by Crippen LogP contribution is -2.29. The van der Waals surface area contributed by atoms with E-state index in [0.717, 1.165) is 10.1 Å². The Hall–Kier alpha value is -1.55. The largest absolute Gasteiger partial charge is 0.395 e. The van der Waals surface area contributed by atoms with E-state index in [1.807, 2.05) is 24.3 Å². The summed E-state index contributed by atoms with van der Waals surface area (Å²) in [4.78, 5) is 13.4. The lowest BCUT2D eigenvalue weighted by Gasteiger charge is -2.13. The molecule has 0 fully saturated rings. The molecule has 21 heavy (non-hydrogen) atoms. The minimum absolute atomic E-state index is 0.0374. The van der Waals surface area contributed by atoms with Gasteiger partial charge in [0, 0.05) is 19.0 Å². The van der Waals surface area contributed by atoms with Crippen LogP contribution in [0, 0.1) is 0 Å². The molecule has 0 unspecified atom stereocenters. The van der Waals surface area contributed by atoms with Crippen molar-refractivity contribution in [1.29, 1.82) is 0 Å². The van der Waals surface area contributed by atoms with Crippen LogP contribution >= 0.6 is 11.5 Å². The van der Waals surface area contributed by atoms with Crippen molar-refractivity contribution < 1.29 is 22.9 Å². The smallest absolute Gasteiger partial charge is 0.274 e. The van der Waals surface area contributed by atoms with Gasteiger partial charge in [-0.1, -0.05) is 18.2 Å². The van der Waals surface area contributed by atoms with Gasteiger partial charge in [-0.2, -0.15) is 12.8 Å². The number of fused-ring (bicyclic) bond motifs is 1. The lowest BCUT2D eigenvalue weighted by molar-refractivity contribution is 0.0764. The third-order valence-electron chi connectivity index (χ3n) is 2.36. The summed E-state index contributed by atoms with van der Waals surface area (Å²) in [6, 6.07) is 7.64. The third-order valence-corrected chi connectivity index (χ3v) is 3.19. The minimum atomic E-state index is -3.67. The number of hydrogen-bond donors (Lipinski definition) is 2. The first kappa shape index (κ1) is 17.5. The molecule has 1 aromatic heterocycles. The second-order valence-corrected chi connectivity index (χ2v) is 6.48. The number of aliphatic hydroxyl groups is 1. The number of nitrogens with zero attached hydrogens (tertiary/aromatic N) is 2. The molecule has 0 bridgehead atoms. The molecule has 2 rings (SSSR count). The highest BCUT2D eigenvalue weighted by Gasteiger charge is 2.17.